The molecule has 1 N–H and O–H groups in total. The third kappa shape index (κ3) is 3.94. The first-order chi connectivity index (χ1) is 13.6. The number of benzene rings is 2. The molecule has 0 saturated carbocycles. The summed E-state index contributed by atoms with van der Waals surface area (Å²) in [7, 11) is 0. The van der Waals surface area contributed by atoms with E-state index >= 15 is 0 Å². The van der Waals surface area contributed by atoms with Gasteiger partial charge in [0.25, 0.3) is 0 Å². The van der Waals surface area contributed by atoms with Gasteiger partial charge in [0.2, 0.25) is 5.91 Å². The van der Waals surface area contributed by atoms with Gasteiger partial charge in [0.05, 0.1) is 11.4 Å². The van der Waals surface area contributed by atoms with Crippen LogP contribution in [0.15, 0.2) is 41.3 Å². The monoisotopic (exact) mass is 397 g/mol. The molecule has 0 bridgehead atoms. The number of nitrogens with one attached hydrogen (secondary N) is 1. The second kappa shape index (κ2) is 7.89. The van der Waals surface area contributed by atoms with Gasteiger partial charge in [-0.05, 0) is 60.2 Å². The minimum Gasteiger partial charge on any atom is -0.486 e. The number of hydrogen-bond donors (Lipinski definition) is 1. The number of thioether (sulfide) groups is 1. The average Bonchev–Trinajstić information content (AvgIpc) is 3.13. The van der Waals surface area contributed by atoms with Crippen molar-refractivity contribution in [1.29, 1.82) is 0 Å². The highest BCUT2D eigenvalue weighted by molar-refractivity contribution is 8.00. The highest BCUT2D eigenvalue weighted by Crippen LogP contribution is 2.34. The summed E-state index contributed by atoms with van der Waals surface area (Å²) in [4.78, 5) is 13.3. The van der Waals surface area contributed by atoms with Gasteiger partial charge in [-0.15, -0.1) is 16.9 Å². The molecule has 1 aliphatic heterocycles. The van der Waals surface area contributed by atoms with Gasteiger partial charge in [-0.2, -0.15) is 4.68 Å². The molecule has 0 atom stereocenters. The first-order valence-electron chi connectivity index (χ1n) is 8.78. The largest absolute Gasteiger partial charge is 0.486 e. The predicted molar refractivity (Wildman–Crippen MR) is 105 cm³/mol. The van der Waals surface area contributed by atoms with Gasteiger partial charge in [-0.3, -0.25) is 4.79 Å². The normalized spacial score (nSPS) is 12.6. The van der Waals surface area contributed by atoms with Crippen molar-refractivity contribution in [2.24, 2.45) is 0 Å². The van der Waals surface area contributed by atoms with E-state index in [0.29, 0.717) is 24.7 Å². The lowest BCUT2D eigenvalue weighted by Crippen LogP contribution is -2.16. The van der Waals surface area contributed by atoms with Gasteiger partial charge in [-0.1, -0.05) is 6.07 Å². The number of carbonyl (C=O) groups is 1. The average molecular weight is 397 g/mol. The molecule has 0 fully saturated rings. The lowest BCUT2D eigenvalue weighted by molar-refractivity contribution is -0.113. The molecule has 8 nitrogen and oxygen atoms in total. The van der Waals surface area contributed by atoms with Crippen LogP contribution in [0.4, 0.5) is 5.69 Å². The summed E-state index contributed by atoms with van der Waals surface area (Å²) in [6.07, 6.45) is 0. The van der Waals surface area contributed by atoms with Crippen LogP contribution in [0.2, 0.25) is 0 Å². The number of fused-ring (bicyclic) bond motifs is 1. The van der Waals surface area contributed by atoms with Crippen LogP contribution in [-0.2, 0) is 4.79 Å². The first kappa shape index (κ1) is 18.3. The van der Waals surface area contributed by atoms with Crippen molar-refractivity contribution in [2.45, 2.75) is 18.7 Å². The third-order valence-electron chi connectivity index (χ3n) is 4.23. The van der Waals surface area contributed by atoms with Crippen molar-refractivity contribution in [3.8, 4) is 17.2 Å². The van der Waals surface area contributed by atoms with E-state index in [4.69, 9.17) is 9.47 Å². The molecule has 1 aliphatic rings. The molecule has 1 amide bonds. The summed E-state index contributed by atoms with van der Waals surface area (Å²) in [6, 6.07) is 11.4. The zero-order valence-electron chi connectivity index (χ0n) is 15.5. The highest BCUT2D eigenvalue weighted by atomic mass is 32.2. The predicted octanol–water partition coefficient (Wildman–Crippen LogP) is 2.78. The van der Waals surface area contributed by atoms with Crippen molar-refractivity contribution in [2.75, 3.05) is 24.3 Å². The molecule has 1 aromatic heterocycles. The van der Waals surface area contributed by atoms with Crippen molar-refractivity contribution in [3.05, 3.63) is 47.8 Å². The van der Waals surface area contributed by atoms with Gasteiger partial charge in [0.1, 0.15) is 13.2 Å². The Kier molecular flexibility index (Phi) is 5.16. The van der Waals surface area contributed by atoms with Crippen LogP contribution in [-0.4, -0.2) is 45.1 Å². The minimum atomic E-state index is -0.0943. The van der Waals surface area contributed by atoms with Gasteiger partial charge in [0.15, 0.2) is 17.3 Å². The maximum absolute atomic E-state index is 12.4. The highest BCUT2D eigenvalue weighted by Gasteiger charge is 2.13. The minimum absolute atomic E-state index is 0.0943. The maximum atomic E-state index is 12.4. The number of carbonyl (C=O) groups excluding carboxylic acids is 1. The summed E-state index contributed by atoms with van der Waals surface area (Å²) in [5.41, 5.74) is 2.54. The molecule has 4 rings (SSSR count). The van der Waals surface area contributed by atoms with Gasteiger partial charge < -0.3 is 14.8 Å². The summed E-state index contributed by atoms with van der Waals surface area (Å²) in [6.45, 7) is 4.90. The van der Waals surface area contributed by atoms with Crippen LogP contribution in [0.3, 0.4) is 0 Å². The SMILES string of the molecule is Cc1ccc(NC(=O)CSc2ccc3c(c2)OCCO3)cc1-n1nnnc1C. The van der Waals surface area contributed by atoms with E-state index in [1.165, 1.54) is 11.8 Å². The van der Waals surface area contributed by atoms with E-state index in [2.05, 4.69) is 20.8 Å². The van der Waals surface area contributed by atoms with Crippen molar-refractivity contribution >= 4 is 23.4 Å². The number of tetrazole rings is 1. The van der Waals surface area contributed by atoms with E-state index in [-0.39, 0.29) is 11.7 Å². The molecule has 2 heterocycles. The first-order valence-corrected chi connectivity index (χ1v) is 9.77. The Balaban J connectivity index is 1.41. The van der Waals surface area contributed by atoms with Crippen molar-refractivity contribution in [3.63, 3.8) is 0 Å². The number of nitrogens with zero attached hydrogens (tertiary/aromatic N) is 4. The van der Waals surface area contributed by atoms with Crippen LogP contribution >= 0.6 is 11.8 Å². The molecular formula is C19H19N5O3S. The zero-order valence-corrected chi connectivity index (χ0v) is 16.3. The third-order valence-corrected chi connectivity index (χ3v) is 5.22. The number of ether oxygens (including phenoxy) is 2. The van der Waals surface area contributed by atoms with Gasteiger partial charge in [0, 0.05) is 10.6 Å². The lowest BCUT2D eigenvalue weighted by atomic mass is 10.2. The molecular weight excluding hydrogens is 378 g/mol. The Hall–Kier alpha value is -3.07. The van der Waals surface area contributed by atoms with E-state index in [1.54, 1.807) is 4.68 Å². The molecule has 9 heteroatoms. The van der Waals surface area contributed by atoms with Gasteiger partial charge >= 0.3 is 0 Å². The molecule has 0 unspecified atom stereocenters. The molecule has 28 heavy (non-hydrogen) atoms. The molecule has 144 valence electrons. The van der Waals surface area contributed by atoms with Crippen LogP contribution in [0.25, 0.3) is 5.69 Å². The molecule has 0 aliphatic carbocycles. The summed E-state index contributed by atoms with van der Waals surface area (Å²) >= 11 is 1.44. The van der Waals surface area contributed by atoms with E-state index < -0.39 is 0 Å². The standard InChI is InChI=1S/C19H19N5O3S/c1-12-3-4-14(9-16(12)24-13(2)21-22-23-24)20-19(25)11-28-15-5-6-17-18(10-15)27-8-7-26-17/h3-6,9-10H,7-8,11H2,1-2H3,(H,20,25). The number of aryl methyl sites for hydroxylation is 2. The summed E-state index contributed by atoms with van der Waals surface area (Å²) in [5, 5.41) is 14.5. The number of hydrogen-bond acceptors (Lipinski definition) is 7. The van der Waals surface area contributed by atoms with E-state index in [0.717, 1.165) is 27.6 Å². The van der Waals surface area contributed by atoms with Gasteiger partial charge in [-0.25, -0.2) is 0 Å². The van der Waals surface area contributed by atoms with E-state index in [1.807, 2.05) is 50.2 Å². The lowest BCUT2D eigenvalue weighted by Gasteiger charge is -2.18. The Morgan fingerprint density at radius 2 is 1.96 bits per heavy atom. The Bertz CT molecular complexity index is 1020. The van der Waals surface area contributed by atoms with Crippen LogP contribution < -0.4 is 14.8 Å². The second-order valence-corrected chi connectivity index (χ2v) is 7.33. The van der Waals surface area contributed by atoms with Crippen LogP contribution in [0.1, 0.15) is 11.4 Å². The fourth-order valence-corrected chi connectivity index (χ4v) is 3.55. The maximum Gasteiger partial charge on any atom is 0.234 e. The summed E-state index contributed by atoms with van der Waals surface area (Å²) < 4.78 is 12.7. The number of aromatic nitrogens is 4. The quantitative estimate of drug-likeness (QED) is 0.662. The van der Waals surface area contributed by atoms with Crippen molar-refractivity contribution in [1.82, 2.24) is 20.2 Å². The smallest absolute Gasteiger partial charge is 0.234 e. The molecule has 0 saturated heterocycles. The van der Waals surface area contributed by atoms with Crippen molar-refractivity contribution < 1.29 is 14.3 Å². The molecule has 0 spiro atoms. The fraction of sp³-hybridized carbons (Fsp3) is 0.263. The molecule has 3 aromatic rings. The van der Waals surface area contributed by atoms with E-state index in [9.17, 15) is 4.79 Å². The Morgan fingerprint density at radius 3 is 2.75 bits per heavy atom. The number of rotatable bonds is 5. The Labute approximate surface area is 166 Å². The Morgan fingerprint density at radius 1 is 1.14 bits per heavy atom. The number of amides is 1. The summed E-state index contributed by atoms with van der Waals surface area (Å²) in [5.74, 6) is 2.33. The second-order valence-electron chi connectivity index (χ2n) is 6.28. The van der Waals surface area contributed by atoms with Crippen LogP contribution in [0, 0.1) is 13.8 Å². The number of anilines is 1. The zero-order chi connectivity index (χ0) is 19.5. The fourth-order valence-electron chi connectivity index (χ4n) is 2.83. The van der Waals surface area contributed by atoms with Crippen LogP contribution in [0.5, 0.6) is 11.5 Å². The topological polar surface area (TPSA) is 91.2 Å². The molecule has 0 radical (unpaired) electrons. The molecule has 2 aromatic carbocycles.